The van der Waals surface area contributed by atoms with Crippen LogP contribution >= 0.6 is 0 Å². The summed E-state index contributed by atoms with van der Waals surface area (Å²) in [5.74, 6) is 0.340. The van der Waals surface area contributed by atoms with Crippen molar-refractivity contribution >= 4 is 27.7 Å². The molecule has 0 amide bonds. The summed E-state index contributed by atoms with van der Waals surface area (Å²) in [5, 5.41) is 3.75. The van der Waals surface area contributed by atoms with Crippen LogP contribution in [0.4, 0.5) is 24.5 Å². The normalized spacial score (nSPS) is 16.4. The van der Waals surface area contributed by atoms with Gasteiger partial charge >= 0.3 is 5.51 Å². The smallest absolute Gasteiger partial charge is 0.485 e. The number of alkyl halides is 3. The maximum Gasteiger partial charge on any atom is 0.485 e. The number of hydrogen-bond donors (Lipinski definition) is 1. The van der Waals surface area contributed by atoms with Gasteiger partial charge in [-0.05, 0) is 31.5 Å². The number of para-hydroxylation sites is 1. The van der Waals surface area contributed by atoms with Crippen molar-refractivity contribution in [2.45, 2.75) is 31.4 Å². The summed E-state index contributed by atoms with van der Waals surface area (Å²) < 4.78 is 61.3. The van der Waals surface area contributed by atoms with E-state index in [9.17, 15) is 13.2 Å². The lowest BCUT2D eigenvalue weighted by Crippen LogP contribution is -2.39. The Balaban J connectivity index is 0.000000331. The molecule has 0 aliphatic carbocycles. The maximum absolute atomic E-state index is 10.7. The summed E-state index contributed by atoms with van der Waals surface area (Å²) in [6.07, 6.45) is 2.43. The number of fused-ring (bicyclic) bond motifs is 1. The first-order valence-corrected chi connectivity index (χ1v) is 11.5. The van der Waals surface area contributed by atoms with Gasteiger partial charge in [-0.2, -0.15) is 17.7 Å². The van der Waals surface area contributed by atoms with Gasteiger partial charge in [-0.3, -0.25) is 0 Å². The van der Waals surface area contributed by atoms with Crippen LogP contribution in [-0.2, 0) is 10.1 Å². The zero-order chi connectivity index (χ0) is 24.2. The molecule has 0 fully saturated rings. The number of rotatable bonds is 3. The largest absolute Gasteiger partial charge is 0.741 e. The monoisotopic (exact) mass is 476 g/mol. The molecule has 1 N–H and O–H groups in total. The molecule has 3 aromatic carbocycles. The first kappa shape index (κ1) is 24.5. The molecule has 5 nitrogen and oxygen atoms in total. The van der Waals surface area contributed by atoms with Crippen LogP contribution < -0.4 is 5.32 Å². The van der Waals surface area contributed by atoms with Gasteiger partial charge < -0.3 is 9.87 Å². The summed E-state index contributed by atoms with van der Waals surface area (Å²) in [6.45, 7) is 4.41. The Morgan fingerprint density at radius 3 is 2.06 bits per heavy atom. The quantitative estimate of drug-likeness (QED) is 0.314. The zero-order valence-corrected chi connectivity index (χ0v) is 18.8. The van der Waals surface area contributed by atoms with Crippen LogP contribution in [0, 0.1) is 6.92 Å². The predicted molar refractivity (Wildman–Crippen MR) is 121 cm³/mol. The summed E-state index contributed by atoms with van der Waals surface area (Å²) >= 11 is 0. The van der Waals surface area contributed by atoms with Crippen molar-refractivity contribution in [1.82, 2.24) is 0 Å². The fourth-order valence-corrected chi connectivity index (χ4v) is 3.46. The van der Waals surface area contributed by atoms with Crippen molar-refractivity contribution in [2.24, 2.45) is 0 Å². The van der Waals surface area contributed by atoms with Gasteiger partial charge in [0.25, 0.3) is 0 Å². The third-order valence-corrected chi connectivity index (χ3v) is 5.82. The third kappa shape index (κ3) is 6.00. The summed E-state index contributed by atoms with van der Waals surface area (Å²) in [6, 6.07) is 28.0. The fourth-order valence-electron chi connectivity index (χ4n) is 3.46. The first-order chi connectivity index (χ1) is 15.5. The van der Waals surface area contributed by atoms with Crippen molar-refractivity contribution in [3.8, 4) is 0 Å². The van der Waals surface area contributed by atoms with Crippen molar-refractivity contribution in [3.05, 3.63) is 95.6 Å². The van der Waals surface area contributed by atoms with Crippen LogP contribution in [0.3, 0.4) is 0 Å². The Bertz CT molecular complexity index is 1230. The molecule has 1 aliphatic heterocycles. The van der Waals surface area contributed by atoms with Crippen molar-refractivity contribution < 1.29 is 30.7 Å². The van der Waals surface area contributed by atoms with E-state index in [1.807, 2.05) is 0 Å². The lowest BCUT2D eigenvalue weighted by atomic mass is 9.95. The molecule has 4 rings (SSSR count). The molecular weight excluding hydrogens is 453 g/mol. The highest BCUT2D eigenvalue weighted by molar-refractivity contribution is 7.86. The first-order valence-electron chi connectivity index (χ1n) is 10.1. The summed E-state index contributed by atoms with van der Waals surface area (Å²) in [4.78, 5) is 0. The highest BCUT2D eigenvalue weighted by atomic mass is 32.2. The Kier molecular flexibility index (Phi) is 7.24. The molecule has 1 heterocycles. The number of benzene rings is 3. The van der Waals surface area contributed by atoms with E-state index < -0.39 is 15.6 Å². The topological polar surface area (TPSA) is 72.2 Å². The molecule has 0 spiro atoms. The Labute approximate surface area is 191 Å². The van der Waals surface area contributed by atoms with Gasteiger partial charge in [0.2, 0.25) is 11.9 Å². The molecular formula is C24H23F3N2O3S. The second-order valence-electron chi connectivity index (χ2n) is 7.65. The van der Waals surface area contributed by atoms with E-state index in [2.05, 4.69) is 109 Å². The van der Waals surface area contributed by atoms with Crippen LogP contribution in [0.1, 0.15) is 29.5 Å². The van der Waals surface area contributed by atoms with E-state index in [1.54, 1.807) is 0 Å². The zero-order valence-electron chi connectivity index (χ0n) is 18.0. The maximum atomic E-state index is 10.7. The van der Waals surface area contributed by atoms with Crippen molar-refractivity contribution in [2.75, 3.05) is 5.32 Å². The minimum absolute atomic E-state index is 0.167. The molecule has 9 heteroatoms. The number of halogens is 3. The van der Waals surface area contributed by atoms with E-state index in [4.69, 9.17) is 13.0 Å². The molecule has 0 bridgehead atoms. The molecule has 3 aromatic rings. The van der Waals surface area contributed by atoms with Crippen LogP contribution in [0.2, 0.25) is 0 Å². The van der Waals surface area contributed by atoms with E-state index in [0.29, 0.717) is 5.92 Å². The van der Waals surface area contributed by atoms with Gasteiger partial charge in [0.1, 0.15) is 0 Å². The number of nitrogens with one attached hydrogen (secondary N) is 1. The molecule has 0 radical (unpaired) electrons. The fraction of sp³-hybridized carbons (Fsp3) is 0.208. The van der Waals surface area contributed by atoms with Crippen LogP contribution in [0.15, 0.2) is 78.9 Å². The molecule has 33 heavy (non-hydrogen) atoms. The molecule has 174 valence electrons. The second kappa shape index (κ2) is 9.76. The van der Waals surface area contributed by atoms with Gasteiger partial charge in [-0.15, -0.1) is 0 Å². The van der Waals surface area contributed by atoms with Crippen LogP contribution in [-0.4, -0.2) is 35.4 Å². The lowest BCUT2D eigenvalue weighted by Gasteiger charge is -2.28. The molecule has 0 aromatic heterocycles. The molecule has 0 saturated heterocycles. The predicted octanol–water partition coefficient (Wildman–Crippen LogP) is 5.36. The molecule has 0 saturated carbocycles. The van der Waals surface area contributed by atoms with Gasteiger partial charge in [0.15, 0.2) is 16.3 Å². The van der Waals surface area contributed by atoms with Crippen LogP contribution in [0.25, 0.3) is 0 Å². The SMILES string of the molecule is Cc1ccc([N+]2=Cc3ccccc3NC2[C@H](C)c2ccccc2)cc1.O=S(=O)([O-])C(F)(F)F. The van der Waals surface area contributed by atoms with E-state index >= 15 is 0 Å². The van der Waals surface area contributed by atoms with Crippen LogP contribution in [0.5, 0.6) is 0 Å². The van der Waals surface area contributed by atoms with E-state index in [-0.39, 0.29) is 6.17 Å². The van der Waals surface area contributed by atoms with Gasteiger partial charge in [0.05, 0.1) is 17.2 Å². The average Bonchev–Trinajstić information content (AvgIpc) is 2.78. The molecule has 2 atom stereocenters. The third-order valence-electron chi connectivity index (χ3n) is 5.26. The summed E-state index contributed by atoms with van der Waals surface area (Å²) in [7, 11) is -6.09. The van der Waals surface area contributed by atoms with E-state index in [1.165, 1.54) is 28.1 Å². The Hall–Kier alpha value is -3.17. The number of anilines is 1. The van der Waals surface area contributed by atoms with Gasteiger partial charge in [-0.1, -0.05) is 60.2 Å². The Morgan fingerprint density at radius 1 is 0.939 bits per heavy atom. The minimum atomic E-state index is -6.09. The Morgan fingerprint density at radius 2 is 1.48 bits per heavy atom. The number of hydrogen-bond acceptors (Lipinski definition) is 4. The van der Waals surface area contributed by atoms with Crippen molar-refractivity contribution in [1.29, 1.82) is 0 Å². The minimum Gasteiger partial charge on any atom is -0.741 e. The lowest BCUT2D eigenvalue weighted by molar-refractivity contribution is -0.477. The number of nitrogens with zero attached hydrogens (tertiary/aromatic N) is 1. The number of aryl methyl sites for hydroxylation is 1. The van der Waals surface area contributed by atoms with Crippen molar-refractivity contribution in [3.63, 3.8) is 0 Å². The van der Waals surface area contributed by atoms with Gasteiger partial charge in [-0.25, -0.2) is 8.42 Å². The average molecular weight is 477 g/mol. The van der Waals surface area contributed by atoms with Gasteiger partial charge in [0, 0.05) is 12.1 Å². The highest BCUT2D eigenvalue weighted by Crippen LogP contribution is 2.31. The molecule has 1 unspecified atom stereocenters. The standard InChI is InChI=1S/C23H22N2.CHF3O3S/c1-17-12-14-21(15-13-17)25-16-20-10-6-7-11-22(20)24-23(25)18(2)19-8-4-3-5-9-19;2-1(3,4)8(5,6)7/h3-16,18,23H,1-2H3;(H,5,6,7)/t18-,23?;/m1./s1. The summed E-state index contributed by atoms with van der Waals surface area (Å²) in [5.41, 5.74) is 0.595. The molecule has 1 aliphatic rings. The highest BCUT2D eigenvalue weighted by Gasteiger charge is 2.37. The van der Waals surface area contributed by atoms with E-state index in [0.717, 1.165) is 0 Å². The second-order valence-corrected chi connectivity index (χ2v) is 9.02.